The maximum absolute atomic E-state index is 3.66. The van der Waals surface area contributed by atoms with Gasteiger partial charge < -0.3 is 5.32 Å². The molecule has 1 heteroatoms. The molecule has 0 bridgehead atoms. The van der Waals surface area contributed by atoms with E-state index >= 15 is 0 Å². The van der Waals surface area contributed by atoms with Crippen LogP contribution in [0.25, 0.3) is 0 Å². The molecule has 0 spiro atoms. The Morgan fingerprint density at radius 2 is 1.88 bits per heavy atom. The van der Waals surface area contributed by atoms with Crippen LogP contribution >= 0.6 is 0 Å². The molecule has 1 unspecified atom stereocenters. The van der Waals surface area contributed by atoms with Crippen molar-refractivity contribution in [1.82, 2.24) is 5.32 Å². The summed E-state index contributed by atoms with van der Waals surface area (Å²) in [5.41, 5.74) is 1.94. The Morgan fingerprint density at radius 1 is 1.19 bits per heavy atom. The lowest BCUT2D eigenvalue weighted by Crippen LogP contribution is -2.23. The Balaban J connectivity index is 1.72. The van der Waals surface area contributed by atoms with Crippen molar-refractivity contribution in [1.29, 1.82) is 0 Å². The summed E-state index contributed by atoms with van der Waals surface area (Å²) in [5, 5.41) is 3.66. The highest BCUT2D eigenvalue weighted by Crippen LogP contribution is 2.40. The van der Waals surface area contributed by atoms with Crippen LogP contribution in [0.15, 0.2) is 30.3 Å². The molecule has 1 nitrogen and oxygen atoms in total. The summed E-state index contributed by atoms with van der Waals surface area (Å²) in [6, 6.07) is 11.6. The van der Waals surface area contributed by atoms with Gasteiger partial charge in [-0.15, -0.1) is 0 Å². The highest BCUT2D eigenvalue weighted by atomic mass is 15.0. The lowest BCUT2D eigenvalue weighted by atomic mass is 9.92. The average molecular weight is 217 g/mol. The molecule has 1 N–H and O–H groups in total. The number of nitrogens with one attached hydrogen (secondary N) is 1. The zero-order valence-corrected chi connectivity index (χ0v) is 10.7. The lowest BCUT2D eigenvalue weighted by molar-refractivity contribution is 0.366. The normalized spacial score (nSPS) is 24.4. The van der Waals surface area contributed by atoms with Crippen molar-refractivity contribution in [3.05, 3.63) is 35.9 Å². The minimum atomic E-state index is 0.449. The van der Waals surface area contributed by atoms with Crippen molar-refractivity contribution in [3.63, 3.8) is 0 Å². The Hall–Kier alpha value is -0.820. The Morgan fingerprint density at radius 3 is 2.50 bits per heavy atom. The largest absolute Gasteiger partial charge is 0.313 e. The van der Waals surface area contributed by atoms with Gasteiger partial charge in [-0.1, -0.05) is 51.1 Å². The summed E-state index contributed by atoms with van der Waals surface area (Å²) >= 11 is 0. The van der Waals surface area contributed by atoms with Crippen LogP contribution in [0, 0.1) is 5.41 Å². The summed E-state index contributed by atoms with van der Waals surface area (Å²) in [7, 11) is 0. The molecule has 88 valence electrons. The summed E-state index contributed by atoms with van der Waals surface area (Å²) in [6.45, 7) is 8.06. The molecule has 0 radical (unpaired) electrons. The highest BCUT2D eigenvalue weighted by molar-refractivity contribution is 5.27. The average Bonchev–Trinajstić information content (AvgIpc) is 2.97. The number of benzene rings is 1. The van der Waals surface area contributed by atoms with Gasteiger partial charge in [0.05, 0.1) is 0 Å². The topological polar surface area (TPSA) is 12.0 Å². The molecule has 1 aliphatic rings. The predicted octanol–water partition coefficient (Wildman–Crippen LogP) is 3.57. The first-order chi connectivity index (χ1) is 7.56. The molecule has 1 aliphatic carbocycles. The second kappa shape index (κ2) is 4.58. The van der Waals surface area contributed by atoms with Gasteiger partial charge in [-0.05, 0) is 30.4 Å². The summed E-state index contributed by atoms with van der Waals surface area (Å²) in [5.74, 6) is 0.765. The van der Waals surface area contributed by atoms with Crippen LogP contribution in [-0.2, 0) is 0 Å². The van der Waals surface area contributed by atoms with Crippen molar-refractivity contribution >= 4 is 0 Å². The molecule has 0 amide bonds. The molecule has 1 fully saturated rings. The molecule has 1 aromatic rings. The highest BCUT2D eigenvalue weighted by Gasteiger charge is 2.37. The smallest absolute Gasteiger partial charge is 0.0143 e. The standard InChI is InChI=1S/C15H23N/c1-15(2,3)9-10-16-14-11-13(14)12-7-5-4-6-8-12/h4-8,13-14,16H,9-11H2,1-3H3/t13-,14?/m1/s1. The zero-order chi connectivity index (χ0) is 11.6. The van der Waals surface area contributed by atoms with E-state index in [1.165, 1.54) is 18.4 Å². The third-order valence-electron chi connectivity index (χ3n) is 3.30. The third kappa shape index (κ3) is 3.34. The van der Waals surface area contributed by atoms with Crippen molar-refractivity contribution in [2.45, 2.75) is 45.6 Å². The summed E-state index contributed by atoms with van der Waals surface area (Å²) < 4.78 is 0. The van der Waals surface area contributed by atoms with Gasteiger partial charge in [-0.3, -0.25) is 0 Å². The van der Waals surface area contributed by atoms with Crippen LogP contribution in [-0.4, -0.2) is 12.6 Å². The van der Waals surface area contributed by atoms with E-state index in [0.717, 1.165) is 18.5 Å². The van der Waals surface area contributed by atoms with Gasteiger partial charge in [0.1, 0.15) is 0 Å². The van der Waals surface area contributed by atoms with Gasteiger partial charge in [-0.25, -0.2) is 0 Å². The fourth-order valence-corrected chi connectivity index (χ4v) is 2.12. The van der Waals surface area contributed by atoms with Crippen molar-refractivity contribution in [2.24, 2.45) is 5.41 Å². The van der Waals surface area contributed by atoms with Crippen LogP contribution in [0.2, 0.25) is 0 Å². The van der Waals surface area contributed by atoms with Gasteiger partial charge in [0.2, 0.25) is 0 Å². The first-order valence-electron chi connectivity index (χ1n) is 6.34. The fourth-order valence-electron chi connectivity index (χ4n) is 2.12. The number of rotatable bonds is 4. The van der Waals surface area contributed by atoms with Crippen molar-refractivity contribution in [3.8, 4) is 0 Å². The molecular weight excluding hydrogens is 194 g/mol. The Bertz CT molecular complexity index is 323. The molecule has 2 rings (SSSR count). The monoisotopic (exact) mass is 217 g/mol. The van der Waals surface area contributed by atoms with E-state index in [2.05, 4.69) is 56.4 Å². The zero-order valence-electron chi connectivity index (χ0n) is 10.7. The van der Waals surface area contributed by atoms with Crippen LogP contribution in [0.3, 0.4) is 0 Å². The maximum Gasteiger partial charge on any atom is 0.0143 e. The third-order valence-corrected chi connectivity index (χ3v) is 3.30. The molecule has 16 heavy (non-hydrogen) atoms. The van der Waals surface area contributed by atoms with Gasteiger partial charge in [0.25, 0.3) is 0 Å². The van der Waals surface area contributed by atoms with E-state index < -0.39 is 0 Å². The molecule has 0 heterocycles. The van der Waals surface area contributed by atoms with Crippen molar-refractivity contribution < 1.29 is 0 Å². The molecule has 2 atom stereocenters. The SMILES string of the molecule is CC(C)(C)CCNC1C[C@@H]1c1ccccc1. The minimum absolute atomic E-state index is 0.449. The van der Waals surface area contributed by atoms with E-state index in [1.54, 1.807) is 0 Å². The van der Waals surface area contributed by atoms with Crippen LogP contribution in [0.5, 0.6) is 0 Å². The van der Waals surface area contributed by atoms with Crippen LogP contribution in [0.1, 0.15) is 45.1 Å². The number of hydrogen-bond donors (Lipinski definition) is 1. The van der Waals surface area contributed by atoms with Gasteiger partial charge >= 0.3 is 0 Å². The second-order valence-electron chi connectivity index (χ2n) is 6.12. The number of hydrogen-bond acceptors (Lipinski definition) is 1. The Kier molecular flexibility index (Phi) is 3.34. The van der Waals surface area contributed by atoms with Crippen molar-refractivity contribution in [2.75, 3.05) is 6.54 Å². The Labute approximate surface area is 99.3 Å². The molecule has 0 aliphatic heterocycles. The molecular formula is C15H23N. The summed E-state index contributed by atoms with van der Waals surface area (Å²) in [6.07, 6.45) is 2.57. The maximum atomic E-state index is 3.66. The fraction of sp³-hybridized carbons (Fsp3) is 0.600. The van der Waals surface area contributed by atoms with Crippen LogP contribution in [0.4, 0.5) is 0 Å². The van der Waals surface area contributed by atoms with Gasteiger partial charge in [0, 0.05) is 12.0 Å². The summed E-state index contributed by atoms with van der Waals surface area (Å²) in [4.78, 5) is 0. The van der Waals surface area contributed by atoms with Gasteiger partial charge in [0.15, 0.2) is 0 Å². The van der Waals surface area contributed by atoms with E-state index in [4.69, 9.17) is 0 Å². The lowest BCUT2D eigenvalue weighted by Gasteiger charge is -2.18. The van der Waals surface area contributed by atoms with Gasteiger partial charge in [-0.2, -0.15) is 0 Å². The predicted molar refractivity (Wildman–Crippen MR) is 69.7 cm³/mol. The second-order valence-corrected chi connectivity index (χ2v) is 6.12. The van der Waals surface area contributed by atoms with E-state index in [9.17, 15) is 0 Å². The van der Waals surface area contributed by atoms with E-state index in [-0.39, 0.29) is 0 Å². The molecule has 1 saturated carbocycles. The van der Waals surface area contributed by atoms with E-state index in [0.29, 0.717) is 5.41 Å². The molecule has 0 aromatic heterocycles. The first kappa shape index (κ1) is 11.7. The molecule has 1 aromatic carbocycles. The minimum Gasteiger partial charge on any atom is -0.313 e. The quantitative estimate of drug-likeness (QED) is 0.813. The van der Waals surface area contributed by atoms with Crippen LogP contribution < -0.4 is 5.32 Å². The van der Waals surface area contributed by atoms with E-state index in [1.807, 2.05) is 0 Å². The molecule has 0 saturated heterocycles. The first-order valence-corrected chi connectivity index (χ1v) is 6.34.